The zero-order chi connectivity index (χ0) is 22.3. The molecule has 0 aromatic heterocycles. The molecule has 1 heterocycles. The molecule has 1 amide bonds. The van der Waals surface area contributed by atoms with Crippen molar-refractivity contribution in [2.75, 3.05) is 13.1 Å². The van der Waals surface area contributed by atoms with Gasteiger partial charge in [-0.1, -0.05) is 42.8 Å². The number of aliphatic carboxylic acids is 1. The summed E-state index contributed by atoms with van der Waals surface area (Å²) in [6.45, 7) is 0.958. The summed E-state index contributed by atoms with van der Waals surface area (Å²) < 4.78 is 27.2. The molecule has 2 aromatic carbocycles. The van der Waals surface area contributed by atoms with Gasteiger partial charge in [0, 0.05) is 25.1 Å². The quantitative estimate of drug-likeness (QED) is 0.481. The van der Waals surface area contributed by atoms with Crippen molar-refractivity contribution >= 4 is 27.6 Å². The molecule has 9 heteroatoms. The highest BCUT2D eigenvalue weighted by Gasteiger charge is 2.26. The fourth-order valence-electron chi connectivity index (χ4n) is 3.36. The lowest BCUT2D eigenvalue weighted by molar-refractivity contribution is -0.136. The highest BCUT2D eigenvalue weighted by atomic mass is 32.2. The number of carbonyl (C=O) groups is 2. The monoisotopic (exact) mass is 443 g/mol. The number of carboxylic acids is 1. The van der Waals surface area contributed by atoms with Gasteiger partial charge in [0.05, 0.1) is 17.0 Å². The molecular formula is C22H25N3O5S. The van der Waals surface area contributed by atoms with Gasteiger partial charge in [0.1, 0.15) is 0 Å². The minimum absolute atomic E-state index is 0.0696. The van der Waals surface area contributed by atoms with Gasteiger partial charge in [0.2, 0.25) is 10.0 Å². The molecule has 0 spiro atoms. The van der Waals surface area contributed by atoms with Crippen LogP contribution in [0.2, 0.25) is 0 Å². The van der Waals surface area contributed by atoms with Crippen LogP contribution in [0.3, 0.4) is 0 Å². The molecule has 2 aromatic rings. The summed E-state index contributed by atoms with van der Waals surface area (Å²) in [6, 6.07) is 14.8. The minimum atomic E-state index is -3.66. The van der Waals surface area contributed by atoms with Crippen LogP contribution < -0.4 is 5.43 Å². The summed E-state index contributed by atoms with van der Waals surface area (Å²) in [5.74, 6) is -1.54. The molecule has 1 aliphatic heterocycles. The maximum atomic E-state index is 12.9. The first-order valence-corrected chi connectivity index (χ1v) is 11.6. The number of amides is 1. The number of nitrogens with zero attached hydrogens (tertiary/aromatic N) is 2. The lowest BCUT2D eigenvalue weighted by Crippen LogP contribution is -2.35. The van der Waals surface area contributed by atoms with E-state index in [0.717, 1.165) is 19.3 Å². The lowest BCUT2D eigenvalue weighted by atomic mass is 10.1. The maximum Gasteiger partial charge on any atom is 0.303 e. The van der Waals surface area contributed by atoms with E-state index in [0.29, 0.717) is 24.4 Å². The summed E-state index contributed by atoms with van der Waals surface area (Å²) in [5, 5.41) is 13.1. The molecule has 2 N–H and O–H groups in total. The third-order valence-corrected chi connectivity index (χ3v) is 6.92. The SMILES string of the molecule is O=C(O)CC/C(=N/NC(=O)c1cccc(S(=O)(=O)N2CCCCC2)c1)c1ccccc1. The number of hydrazone groups is 1. The van der Waals surface area contributed by atoms with E-state index in [1.165, 1.54) is 28.6 Å². The number of carbonyl (C=O) groups excluding carboxylic acids is 1. The Labute approximate surface area is 181 Å². The Balaban J connectivity index is 1.79. The van der Waals surface area contributed by atoms with Gasteiger partial charge in [-0.05, 0) is 36.6 Å². The molecule has 0 unspecified atom stereocenters. The van der Waals surface area contributed by atoms with Gasteiger partial charge < -0.3 is 5.11 Å². The van der Waals surface area contributed by atoms with E-state index in [1.807, 2.05) is 6.07 Å². The van der Waals surface area contributed by atoms with Crippen molar-refractivity contribution in [2.45, 2.75) is 37.0 Å². The fourth-order valence-corrected chi connectivity index (χ4v) is 4.92. The third kappa shape index (κ3) is 5.99. The Morgan fingerprint density at radius 2 is 1.61 bits per heavy atom. The van der Waals surface area contributed by atoms with Gasteiger partial charge in [-0.2, -0.15) is 9.41 Å². The van der Waals surface area contributed by atoms with Crippen molar-refractivity contribution in [1.29, 1.82) is 0 Å². The molecule has 0 atom stereocenters. The Morgan fingerprint density at radius 3 is 2.29 bits per heavy atom. The first-order valence-electron chi connectivity index (χ1n) is 10.1. The van der Waals surface area contributed by atoms with Gasteiger partial charge >= 0.3 is 5.97 Å². The van der Waals surface area contributed by atoms with E-state index in [2.05, 4.69) is 10.5 Å². The van der Waals surface area contributed by atoms with Gasteiger partial charge in [-0.15, -0.1) is 0 Å². The molecule has 1 saturated heterocycles. The standard InChI is InChI=1S/C22H25N3O5S/c26-21(27)13-12-20(17-8-3-1-4-9-17)23-24-22(28)18-10-7-11-19(16-18)31(29,30)25-14-5-2-6-15-25/h1,3-4,7-11,16H,2,5-6,12-15H2,(H,24,28)(H,26,27)/b23-20-. The summed E-state index contributed by atoms with van der Waals surface area (Å²) in [4.78, 5) is 23.7. The minimum Gasteiger partial charge on any atom is -0.481 e. The van der Waals surface area contributed by atoms with Crippen LogP contribution in [0.1, 0.15) is 48.0 Å². The number of hydrogen-bond donors (Lipinski definition) is 2. The van der Waals surface area contributed by atoms with Gasteiger partial charge in [0.25, 0.3) is 5.91 Å². The Hall–Kier alpha value is -3.04. The zero-order valence-electron chi connectivity index (χ0n) is 17.0. The van der Waals surface area contributed by atoms with Crippen molar-refractivity contribution in [1.82, 2.24) is 9.73 Å². The maximum absolute atomic E-state index is 12.9. The van der Waals surface area contributed by atoms with Crippen molar-refractivity contribution in [3.8, 4) is 0 Å². The molecule has 164 valence electrons. The molecule has 3 rings (SSSR count). The van der Waals surface area contributed by atoms with E-state index in [9.17, 15) is 18.0 Å². The van der Waals surface area contributed by atoms with Crippen LogP contribution in [-0.2, 0) is 14.8 Å². The van der Waals surface area contributed by atoms with Crippen LogP contribution in [0.15, 0.2) is 64.6 Å². The van der Waals surface area contributed by atoms with E-state index in [-0.39, 0.29) is 23.3 Å². The number of rotatable bonds is 8. The van der Waals surface area contributed by atoms with Crippen LogP contribution in [0.25, 0.3) is 0 Å². The van der Waals surface area contributed by atoms with Gasteiger partial charge in [0.15, 0.2) is 0 Å². The number of piperidine rings is 1. The predicted octanol–water partition coefficient (Wildman–Crippen LogP) is 2.86. The normalized spacial score (nSPS) is 15.4. The summed E-state index contributed by atoms with van der Waals surface area (Å²) in [7, 11) is -3.66. The average molecular weight is 444 g/mol. The van der Waals surface area contributed by atoms with Crippen LogP contribution >= 0.6 is 0 Å². The first kappa shape index (κ1) is 22.6. The van der Waals surface area contributed by atoms with Gasteiger partial charge in [-0.3, -0.25) is 9.59 Å². The molecule has 0 aliphatic carbocycles. The second-order valence-corrected chi connectivity index (χ2v) is 9.19. The highest BCUT2D eigenvalue weighted by Crippen LogP contribution is 2.21. The Bertz CT molecular complexity index is 1060. The van der Waals surface area contributed by atoms with E-state index < -0.39 is 21.9 Å². The molecule has 8 nitrogen and oxygen atoms in total. The third-order valence-electron chi connectivity index (χ3n) is 5.02. The molecule has 0 radical (unpaired) electrons. The van der Waals surface area contributed by atoms with Gasteiger partial charge in [-0.25, -0.2) is 13.8 Å². The van der Waals surface area contributed by atoms with Crippen LogP contribution in [-0.4, -0.2) is 48.5 Å². The molecule has 31 heavy (non-hydrogen) atoms. The number of nitrogens with one attached hydrogen (secondary N) is 1. The molecule has 1 fully saturated rings. The molecule has 0 saturated carbocycles. The number of benzene rings is 2. The van der Waals surface area contributed by atoms with Crippen molar-refractivity contribution in [3.63, 3.8) is 0 Å². The average Bonchev–Trinajstić information content (AvgIpc) is 2.80. The molecule has 0 bridgehead atoms. The summed E-state index contributed by atoms with van der Waals surface area (Å²) in [5.41, 5.74) is 3.71. The van der Waals surface area contributed by atoms with Crippen LogP contribution in [0.4, 0.5) is 0 Å². The molecular weight excluding hydrogens is 418 g/mol. The van der Waals surface area contributed by atoms with Crippen LogP contribution in [0, 0.1) is 0 Å². The largest absolute Gasteiger partial charge is 0.481 e. The summed E-state index contributed by atoms with van der Waals surface area (Å²) >= 11 is 0. The second kappa shape index (κ2) is 10.3. The van der Waals surface area contributed by atoms with E-state index in [1.54, 1.807) is 24.3 Å². The number of hydrogen-bond acceptors (Lipinski definition) is 5. The second-order valence-electron chi connectivity index (χ2n) is 7.25. The summed E-state index contributed by atoms with van der Waals surface area (Å²) in [6.07, 6.45) is 2.67. The Kier molecular flexibility index (Phi) is 7.54. The fraction of sp³-hybridized carbons (Fsp3) is 0.318. The molecule has 1 aliphatic rings. The smallest absolute Gasteiger partial charge is 0.303 e. The van der Waals surface area contributed by atoms with Crippen LogP contribution in [0.5, 0.6) is 0 Å². The number of carboxylic acid groups (broad SMARTS) is 1. The Morgan fingerprint density at radius 1 is 0.935 bits per heavy atom. The highest BCUT2D eigenvalue weighted by molar-refractivity contribution is 7.89. The first-order chi connectivity index (χ1) is 14.9. The predicted molar refractivity (Wildman–Crippen MR) is 116 cm³/mol. The van der Waals surface area contributed by atoms with E-state index >= 15 is 0 Å². The lowest BCUT2D eigenvalue weighted by Gasteiger charge is -2.25. The number of sulfonamides is 1. The van der Waals surface area contributed by atoms with Crippen molar-refractivity contribution < 1.29 is 23.1 Å². The topological polar surface area (TPSA) is 116 Å². The van der Waals surface area contributed by atoms with Crippen molar-refractivity contribution in [2.24, 2.45) is 5.10 Å². The zero-order valence-corrected chi connectivity index (χ0v) is 17.8. The van der Waals surface area contributed by atoms with E-state index in [4.69, 9.17) is 5.11 Å². The van der Waals surface area contributed by atoms with Crippen molar-refractivity contribution in [3.05, 3.63) is 65.7 Å².